The Bertz CT molecular complexity index is 233. The van der Waals surface area contributed by atoms with Gasteiger partial charge in [0, 0.05) is 19.1 Å². The van der Waals surface area contributed by atoms with Gasteiger partial charge in [0.25, 0.3) is 0 Å². The first kappa shape index (κ1) is 14.5. The summed E-state index contributed by atoms with van der Waals surface area (Å²) in [6.45, 7) is 5.75. The number of rotatable bonds is 7. The first-order valence-electron chi connectivity index (χ1n) is 6.83. The Morgan fingerprint density at radius 2 is 2.29 bits per heavy atom. The number of hydrogen-bond acceptors (Lipinski definition) is 3. The Balaban J connectivity index is 2.22. The molecule has 1 heterocycles. The molecular formula is C13H26N2O2. The van der Waals surface area contributed by atoms with Crippen molar-refractivity contribution in [3.8, 4) is 0 Å². The predicted molar refractivity (Wildman–Crippen MR) is 68.6 cm³/mol. The molecule has 2 unspecified atom stereocenters. The second kappa shape index (κ2) is 7.67. The van der Waals surface area contributed by atoms with Crippen LogP contribution in [0.5, 0.6) is 0 Å². The first-order valence-corrected chi connectivity index (χ1v) is 6.83. The summed E-state index contributed by atoms with van der Waals surface area (Å²) in [5.74, 6) is 0.447. The van der Waals surface area contributed by atoms with Crippen molar-refractivity contribution in [2.24, 2.45) is 11.7 Å². The normalized spacial score (nSPS) is 25.8. The van der Waals surface area contributed by atoms with Gasteiger partial charge in [-0.15, -0.1) is 0 Å². The van der Waals surface area contributed by atoms with Gasteiger partial charge in [0.2, 0.25) is 5.91 Å². The molecule has 0 aromatic heterocycles. The molecule has 4 heteroatoms. The molecule has 3 atom stereocenters. The van der Waals surface area contributed by atoms with E-state index in [1.807, 2.05) is 0 Å². The van der Waals surface area contributed by atoms with Crippen LogP contribution < -0.4 is 11.1 Å². The van der Waals surface area contributed by atoms with Crippen LogP contribution in [0, 0.1) is 5.92 Å². The quantitative estimate of drug-likeness (QED) is 0.710. The summed E-state index contributed by atoms with van der Waals surface area (Å²) in [6.07, 6.45) is 5.24. The Morgan fingerprint density at radius 3 is 2.94 bits per heavy atom. The highest BCUT2D eigenvalue weighted by Gasteiger charge is 2.27. The van der Waals surface area contributed by atoms with Crippen LogP contribution in [0.1, 0.15) is 46.0 Å². The summed E-state index contributed by atoms with van der Waals surface area (Å²) in [7, 11) is 0. The molecule has 0 aliphatic carbocycles. The molecule has 0 saturated carbocycles. The zero-order valence-electron chi connectivity index (χ0n) is 11.1. The van der Waals surface area contributed by atoms with E-state index in [1.54, 1.807) is 0 Å². The van der Waals surface area contributed by atoms with Gasteiger partial charge in [-0.3, -0.25) is 4.79 Å². The molecule has 3 N–H and O–H groups in total. The molecule has 100 valence electrons. The summed E-state index contributed by atoms with van der Waals surface area (Å²) < 4.78 is 5.59. The summed E-state index contributed by atoms with van der Waals surface area (Å²) in [5.41, 5.74) is 5.81. The van der Waals surface area contributed by atoms with E-state index in [9.17, 15) is 4.79 Å². The third kappa shape index (κ3) is 4.64. The van der Waals surface area contributed by atoms with Gasteiger partial charge in [-0.25, -0.2) is 0 Å². The van der Waals surface area contributed by atoms with Gasteiger partial charge in [0.1, 0.15) is 0 Å². The molecule has 1 rings (SSSR count). The minimum absolute atomic E-state index is 0.0137. The highest BCUT2D eigenvalue weighted by Crippen LogP contribution is 2.22. The lowest BCUT2D eigenvalue weighted by molar-refractivity contribution is -0.122. The molecule has 1 amide bonds. The van der Waals surface area contributed by atoms with Crippen molar-refractivity contribution in [3.63, 3.8) is 0 Å². The van der Waals surface area contributed by atoms with Crippen molar-refractivity contribution in [2.75, 3.05) is 13.2 Å². The van der Waals surface area contributed by atoms with Crippen molar-refractivity contribution in [3.05, 3.63) is 0 Å². The highest BCUT2D eigenvalue weighted by molar-refractivity contribution is 5.81. The number of carbonyl (C=O) groups is 1. The number of amides is 1. The van der Waals surface area contributed by atoms with E-state index in [-0.39, 0.29) is 11.9 Å². The van der Waals surface area contributed by atoms with Crippen LogP contribution in [0.2, 0.25) is 0 Å². The van der Waals surface area contributed by atoms with Crippen LogP contribution in [0.25, 0.3) is 0 Å². The second-order valence-electron chi connectivity index (χ2n) is 4.86. The molecule has 0 spiro atoms. The average Bonchev–Trinajstić information content (AvgIpc) is 2.80. The second-order valence-corrected chi connectivity index (χ2v) is 4.86. The predicted octanol–water partition coefficient (Wildman–Crippen LogP) is 1.44. The molecule has 1 aliphatic heterocycles. The maximum Gasteiger partial charge on any atom is 0.236 e. The van der Waals surface area contributed by atoms with E-state index < -0.39 is 0 Å². The Kier molecular flexibility index (Phi) is 6.52. The molecule has 1 saturated heterocycles. The molecule has 1 fully saturated rings. The molecule has 0 aromatic rings. The summed E-state index contributed by atoms with van der Waals surface area (Å²) in [6, 6.07) is -0.350. The minimum atomic E-state index is -0.350. The number of hydrogen-bond donors (Lipinski definition) is 2. The van der Waals surface area contributed by atoms with Gasteiger partial charge in [0.05, 0.1) is 12.1 Å². The third-order valence-corrected chi connectivity index (χ3v) is 3.49. The molecule has 0 aromatic carbocycles. The van der Waals surface area contributed by atoms with Crippen LogP contribution in [-0.4, -0.2) is 31.2 Å². The van der Waals surface area contributed by atoms with Gasteiger partial charge in [0.15, 0.2) is 0 Å². The lowest BCUT2D eigenvalue weighted by atomic mass is 9.99. The van der Waals surface area contributed by atoms with Crippen molar-refractivity contribution >= 4 is 5.91 Å². The number of nitrogens with two attached hydrogens (primary N) is 1. The lowest BCUT2D eigenvalue weighted by Crippen LogP contribution is -2.43. The topological polar surface area (TPSA) is 64.4 Å². The molecule has 4 nitrogen and oxygen atoms in total. The molecule has 1 aliphatic rings. The largest absolute Gasteiger partial charge is 0.378 e. The first-order chi connectivity index (χ1) is 8.19. The zero-order valence-corrected chi connectivity index (χ0v) is 11.1. The van der Waals surface area contributed by atoms with Crippen molar-refractivity contribution < 1.29 is 9.53 Å². The molecular weight excluding hydrogens is 216 g/mol. The number of ether oxygens (including phenoxy) is 1. The molecule has 0 bridgehead atoms. The van der Waals surface area contributed by atoms with Crippen molar-refractivity contribution in [2.45, 2.75) is 58.1 Å². The monoisotopic (exact) mass is 242 g/mol. The standard InChI is InChI=1S/C13H26N2O2/c1-3-5-6-11(14)13(16)15-9-10-7-8-17-12(10)4-2/h10-12H,3-9,14H2,1-2H3,(H,15,16)/t10?,11-,12?/m0/s1. The fourth-order valence-corrected chi connectivity index (χ4v) is 2.30. The number of carbonyl (C=O) groups excluding carboxylic acids is 1. The maximum absolute atomic E-state index is 11.7. The minimum Gasteiger partial charge on any atom is -0.378 e. The van der Waals surface area contributed by atoms with Gasteiger partial charge in [-0.1, -0.05) is 26.7 Å². The van der Waals surface area contributed by atoms with Crippen LogP contribution in [0.15, 0.2) is 0 Å². The summed E-state index contributed by atoms with van der Waals surface area (Å²) in [4.78, 5) is 11.7. The summed E-state index contributed by atoms with van der Waals surface area (Å²) >= 11 is 0. The fourth-order valence-electron chi connectivity index (χ4n) is 2.30. The fraction of sp³-hybridized carbons (Fsp3) is 0.923. The van der Waals surface area contributed by atoms with Crippen LogP contribution >= 0.6 is 0 Å². The van der Waals surface area contributed by atoms with Crippen molar-refractivity contribution in [1.82, 2.24) is 5.32 Å². The molecule has 0 radical (unpaired) electrons. The third-order valence-electron chi connectivity index (χ3n) is 3.49. The van der Waals surface area contributed by atoms with Gasteiger partial charge >= 0.3 is 0 Å². The van der Waals surface area contributed by atoms with Crippen LogP contribution in [0.4, 0.5) is 0 Å². The summed E-state index contributed by atoms with van der Waals surface area (Å²) in [5, 5.41) is 2.95. The van der Waals surface area contributed by atoms with Gasteiger partial charge < -0.3 is 15.8 Å². The van der Waals surface area contributed by atoms with Gasteiger partial charge in [-0.05, 0) is 19.3 Å². The zero-order chi connectivity index (χ0) is 12.7. The Labute approximate surface area is 104 Å². The number of unbranched alkanes of at least 4 members (excludes halogenated alkanes) is 1. The van der Waals surface area contributed by atoms with E-state index in [0.717, 1.165) is 38.7 Å². The smallest absolute Gasteiger partial charge is 0.236 e. The SMILES string of the molecule is CCCC[C@H](N)C(=O)NCC1CCOC1CC. The van der Waals surface area contributed by atoms with Gasteiger partial charge in [-0.2, -0.15) is 0 Å². The maximum atomic E-state index is 11.7. The van der Waals surface area contributed by atoms with E-state index in [4.69, 9.17) is 10.5 Å². The molecule has 17 heavy (non-hydrogen) atoms. The van der Waals surface area contributed by atoms with E-state index >= 15 is 0 Å². The average molecular weight is 242 g/mol. The van der Waals surface area contributed by atoms with Crippen LogP contribution in [-0.2, 0) is 9.53 Å². The van der Waals surface area contributed by atoms with E-state index in [0.29, 0.717) is 18.6 Å². The van der Waals surface area contributed by atoms with Crippen molar-refractivity contribution in [1.29, 1.82) is 0 Å². The highest BCUT2D eigenvalue weighted by atomic mass is 16.5. The van der Waals surface area contributed by atoms with Crippen LogP contribution in [0.3, 0.4) is 0 Å². The number of nitrogens with one attached hydrogen (secondary N) is 1. The Morgan fingerprint density at radius 1 is 1.53 bits per heavy atom. The van der Waals surface area contributed by atoms with E-state index in [1.165, 1.54) is 0 Å². The van der Waals surface area contributed by atoms with E-state index in [2.05, 4.69) is 19.2 Å². The lowest BCUT2D eigenvalue weighted by Gasteiger charge is -2.18. The Hall–Kier alpha value is -0.610.